The summed E-state index contributed by atoms with van der Waals surface area (Å²) >= 11 is 0. The molecule has 8 heteroatoms. The molecule has 3 amide bonds. The molecule has 3 saturated heterocycles. The molecule has 0 radical (unpaired) electrons. The zero-order valence-corrected chi connectivity index (χ0v) is 14.1. The van der Waals surface area contributed by atoms with Crippen LogP contribution in [0.2, 0.25) is 0 Å². The molecule has 1 unspecified atom stereocenters. The number of amides is 3. The number of carbonyl (C=O) groups is 3. The highest BCUT2D eigenvalue weighted by atomic mass is 16.5. The lowest BCUT2D eigenvalue weighted by molar-refractivity contribution is -0.145. The summed E-state index contributed by atoms with van der Waals surface area (Å²) in [6, 6.07) is 0. The SMILES string of the molecule is COCC(=O)N1CC(C(=O)N2CCNC(=O)C2)C2(CCOCC2)C1. The van der Waals surface area contributed by atoms with Crippen LogP contribution in [0, 0.1) is 11.3 Å². The van der Waals surface area contributed by atoms with Gasteiger partial charge in [0.15, 0.2) is 0 Å². The van der Waals surface area contributed by atoms with Gasteiger partial charge in [-0.2, -0.15) is 0 Å². The van der Waals surface area contributed by atoms with Gasteiger partial charge in [-0.3, -0.25) is 14.4 Å². The fraction of sp³-hybridized carbons (Fsp3) is 0.812. The summed E-state index contributed by atoms with van der Waals surface area (Å²) in [7, 11) is 1.49. The Balaban J connectivity index is 1.78. The van der Waals surface area contributed by atoms with Crippen LogP contribution in [-0.2, 0) is 23.9 Å². The van der Waals surface area contributed by atoms with Gasteiger partial charge >= 0.3 is 0 Å². The molecule has 3 heterocycles. The first kappa shape index (κ1) is 17.2. The molecule has 3 fully saturated rings. The van der Waals surface area contributed by atoms with Crippen LogP contribution in [0.3, 0.4) is 0 Å². The van der Waals surface area contributed by atoms with Gasteiger partial charge < -0.3 is 24.6 Å². The molecule has 3 aliphatic rings. The van der Waals surface area contributed by atoms with Crippen molar-refractivity contribution >= 4 is 17.7 Å². The second-order valence-corrected chi connectivity index (χ2v) is 6.84. The third-order valence-corrected chi connectivity index (χ3v) is 5.41. The molecule has 0 saturated carbocycles. The smallest absolute Gasteiger partial charge is 0.248 e. The number of likely N-dealkylation sites (tertiary alicyclic amines) is 1. The highest BCUT2D eigenvalue weighted by Crippen LogP contribution is 2.45. The Kier molecular flexibility index (Phi) is 5.05. The Morgan fingerprint density at radius 2 is 2.08 bits per heavy atom. The Hall–Kier alpha value is -1.67. The lowest BCUT2D eigenvalue weighted by atomic mass is 9.71. The maximum absolute atomic E-state index is 13.1. The van der Waals surface area contributed by atoms with Crippen LogP contribution in [0.1, 0.15) is 12.8 Å². The summed E-state index contributed by atoms with van der Waals surface area (Å²) in [6.45, 7) is 3.33. The lowest BCUT2D eigenvalue weighted by Crippen LogP contribution is -2.54. The molecular weight excluding hydrogens is 314 g/mol. The van der Waals surface area contributed by atoms with Crippen molar-refractivity contribution in [1.29, 1.82) is 0 Å². The second kappa shape index (κ2) is 7.06. The summed E-state index contributed by atoms with van der Waals surface area (Å²) < 4.78 is 10.4. The highest BCUT2D eigenvalue weighted by Gasteiger charge is 2.52. The summed E-state index contributed by atoms with van der Waals surface area (Å²) in [4.78, 5) is 40.3. The van der Waals surface area contributed by atoms with E-state index >= 15 is 0 Å². The fourth-order valence-electron chi connectivity index (χ4n) is 4.05. The zero-order chi connectivity index (χ0) is 17.2. The van der Waals surface area contributed by atoms with E-state index in [2.05, 4.69) is 5.32 Å². The number of hydrogen-bond acceptors (Lipinski definition) is 5. The van der Waals surface area contributed by atoms with Crippen molar-refractivity contribution in [2.24, 2.45) is 11.3 Å². The van der Waals surface area contributed by atoms with Crippen molar-refractivity contribution in [3.8, 4) is 0 Å². The molecule has 8 nitrogen and oxygen atoms in total. The third-order valence-electron chi connectivity index (χ3n) is 5.41. The molecule has 0 aromatic carbocycles. The lowest BCUT2D eigenvalue weighted by Gasteiger charge is -2.39. The van der Waals surface area contributed by atoms with E-state index in [1.165, 1.54) is 7.11 Å². The summed E-state index contributed by atoms with van der Waals surface area (Å²) in [5.41, 5.74) is -0.243. The molecular formula is C16H25N3O5. The number of methoxy groups -OCH3 is 1. The second-order valence-electron chi connectivity index (χ2n) is 6.84. The van der Waals surface area contributed by atoms with Gasteiger partial charge in [-0.1, -0.05) is 0 Å². The Bertz CT molecular complexity index is 518. The monoisotopic (exact) mass is 339 g/mol. The first-order valence-corrected chi connectivity index (χ1v) is 8.46. The predicted octanol–water partition coefficient (Wildman–Crippen LogP) is -1.15. The number of nitrogens with one attached hydrogen (secondary N) is 1. The molecule has 3 rings (SSSR count). The Morgan fingerprint density at radius 3 is 2.75 bits per heavy atom. The van der Waals surface area contributed by atoms with E-state index in [0.717, 1.165) is 12.8 Å². The van der Waals surface area contributed by atoms with Crippen LogP contribution in [0.5, 0.6) is 0 Å². The van der Waals surface area contributed by atoms with Crippen LogP contribution in [0.4, 0.5) is 0 Å². The van der Waals surface area contributed by atoms with Gasteiger partial charge in [0, 0.05) is 51.9 Å². The number of carbonyl (C=O) groups excluding carboxylic acids is 3. The maximum Gasteiger partial charge on any atom is 0.248 e. The summed E-state index contributed by atoms with van der Waals surface area (Å²) in [6.07, 6.45) is 1.53. The average Bonchev–Trinajstić information content (AvgIpc) is 2.94. The minimum absolute atomic E-state index is 0.0144. The first-order chi connectivity index (χ1) is 11.6. The number of ether oxygens (including phenoxy) is 2. The van der Waals surface area contributed by atoms with Gasteiger partial charge in [-0.15, -0.1) is 0 Å². The predicted molar refractivity (Wildman–Crippen MR) is 84.0 cm³/mol. The van der Waals surface area contributed by atoms with Gasteiger partial charge in [0.25, 0.3) is 0 Å². The topological polar surface area (TPSA) is 88.2 Å². The van der Waals surface area contributed by atoms with Crippen molar-refractivity contribution in [2.75, 3.05) is 59.7 Å². The summed E-state index contributed by atoms with van der Waals surface area (Å²) in [5.74, 6) is -0.497. The van der Waals surface area contributed by atoms with E-state index in [4.69, 9.17) is 9.47 Å². The quantitative estimate of drug-likeness (QED) is 0.701. The number of hydrogen-bond donors (Lipinski definition) is 1. The molecule has 0 aliphatic carbocycles. The van der Waals surface area contributed by atoms with Crippen LogP contribution in [-0.4, -0.2) is 87.2 Å². The fourth-order valence-corrected chi connectivity index (χ4v) is 4.05. The first-order valence-electron chi connectivity index (χ1n) is 8.46. The molecule has 24 heavy (non-hydrogen) atoms. The van der Waals surface area contributed by atoms with E-state index in [1.54, 1.807) is 9.80 Å². The molecule has 134 valence electrons. The average molecular weight is 339 g/mol. The van der Waals surface area contributed by atoms with Crippen molar-refractivity contribution in [3.63, 3.8) is 0 Å². The molecule has 1 atom stereocenters. The minimum Gasteiger partial charge on any atom is -0.381 e. The van der Waals surface area contributed by atoms with Gasteiger partial charge in [-0.05, 0) is 12.8 Å². The van der Waals surface area contributed by atoms with Crippen molar-refractivity contribution < 1.29 is 23.9 Å². The van der Waals surface area contributed by atoms with Crippen LogP contribution in [0.15, 0.2) is 0 Å². The van der Waals surface area contributed by atoms with Crippen LogP contribution >= 0.6 is 0 Å². The van der Waals surface area contributed by atoms with Crippen molar-refractivity contribution in [1.82, 2.24) is 15.1 Å². The van der Waals surface area contributed by atoms with E-state index in [1.807, 2.05) is 0 Å². The van der Waals surface area contributed by atoms with Gasteiger partial charge in [0.2, 0.25) is 17.7 Å². The molecule has 0 bridgehead atoms. The zero-order valence-electron chi connectivity index (χ0n) is 14.1. The van der Waals surface area contributed by atoms with Gasteiger partial charge in [0.05, 0.1) is 12.5 Å². The van der Waals surface area contributed by atoms with E-state index < -0.39 is 0 Å². The number of piperazine rings is 1. The number of nitrogens with zero attached hydrogens (tertiary/aromatic N) is 2. The van der Waals surface area contributed by atoms with E-state index in [0.29, 0.717) is 39.4 Å². The molecule has 0 aromatic heterocycles. The van der Waals surface area contributed by atoms with E-state index in [9.17, 15) is 14.4 Å². The summed E-state index contributed by atoms with van der Waals surface area (Å²) in [5, 5.41) is 2.74. The van der Waals surface area contributed by atoms with Crippen LogP contribution in [0.25, 0.3) is 0 Å². The maximum atomic E-state index is 13.1. The largest absolute Gasteiger partial charge is 0.381 e. The Labute approximate surface area is 141 Å². The molecule has 0 aromatic rings. The molecule has 3 aliphatic heterocycles. The van der Waals surface area contributed by atoms with Crippen LogP contribution < -0.4 is 5.32 Å². The van der Waals surface area contributed by atoms with Crippen molar-refractivity contribution in [2.45, 2.75) is 12.8 Å². The number of rotatable bonds is 3. The van der Waals surface area contributed by atoms with Gasteiger partial charge in [0.1, 0.15) is 6.61 Å². The van der Waals surface area contributed by atoms with E-state index in [-0.39, 0.29) is 42.2 Å². The molecule has 1 spiro atoms. The highest BCUT2D eigenvalue weighted by molar-refractivity contribution is 5.88. The Morgan fingerprint density at radius 1 is 1.33 bits per heavy atom. The molecule has 1 N–H and O–H groups in total. The van der Waals surface area contributed by atoms with Gasteiger partial charge in [-0.25, -0.2) is 0 Å². The standard InChI is InChI=1S/C16H25N3O5/c1-23-10-14(21)19-8-12(16(11-19)2-6-24-7-3-16)15(22)18-5-4-17-13(20)9-18/h12H,2-11H2,1H3,(H,17,20). The normalized spacial score (nSPS) is 26.5. The minimum atomic E-state index is -0.270. The van der Waals surface area contributed by atoms with Crippen molar-refractivity contribution in [3.05, 3.63) is 0 Å². The third kappa shape index (κ3) is 3.25.